The Balaban J connectivity index is 1.63. The summed E-state index contributed by atoms with van der Waals surface area (Å²) in [6, 6.07) is 27.8. The van der Waals surface area contributed by atoms with E-state index in [9.17, 15) is 0 Å². The first kappa shape index (κ1) is 46.1. The molecule has 0 fully saturated rings. The molecule has 0 N–H and O–H groups in total. The summed E-state index contributed by atoms with van der Waals surface area (Å²) in [5.41, 5.74) is 16.4. The van der Waals surface area contributed by atoms with Crippen LogP contribution in [0.3, 0.4) is 0 Å². The van der Waals surface area contributed by atoms with Crippen molar-refractivity contribution >= 4 is 38.2 Å². The minimum atomic E-state index is -0.843. The van der Waals surface area contributed by atoms with Crippen LogP contribution in [0, 0.1) is 0 Å². The van der Waals surface area contributed by atoms with Gasteiger partial charge in [-0.1, -0.05) is 0 Å². The van der Waals surface area contributed by atoms with Gasteiger partial charge in [0.25, 0.3) is 0 Å². The number of rotatable bonds is 14. The Hall–Kier alpha value is -4.42. The zero-order valence-corrected chi connectivity index (χ0v) is 42.4. The Morgan fingerprint density at radius 3 is 0.607 bits per heavy atom. The summed E-state index contributed by atoms with van der Waals surface area (Å²) in [5.74, 6) is 5.50. The number of nitrogens with zero attached hydrogens (tertiary/aromatic N) is 4. The Kier molecular flexibility index (Phi) is 14.6. The number of para-hydroxylation sites is 4. The molecule has 6 rings (SSSR count). The van der Waals surface area contributed by atoms with Crippen molar-refractivity contribution < 1.29 is 0 Å². The van der Waals surface area contributed by atoms with E-state index < -0.39 is 15.4 Å². The fourth-order valence-corrected chi connectivity index (χ4v) is 11.2. The van der Waals surface area contributed by atoms with Gasteiger partial charge in [0.15, 0.2) is 0 Å². The molecule has 61 heavy (non-hydrogen) atoms. The van der Waals surface area contributed by atoms with Crippen LogP contribution in [0.1, 0.15) is 203 Å². The molecule has 0 aromatic heterocycles. The van der Waals surface area contributed by atoms with E-state index >= 15 is 0 Å². The summed E-state index contributed by atoms with van der Waals surface area (Å²) in [4.78, 5) is 15.4. The van der Waals surface area contributed by atoms with E-state index in [-0.39, 0.29) is 0 Å². The van der Waals surface area contributed by atoms with E-state index in [1.807, 2.05) is 0 Å². The molecule has 5 heteroatoms. The molecule has 0 spiro atoms. The van der Waals surface area contributed by atoms with E-state index in [0.29, 0.717) is 47.3 Å². The first-order valence-corrected chi connectivity index (χ1v) is 25.6. The molecule has 0 amide bonds. The van der Waals surface area contributed by atoms with Gasteiger partial charge < -0.3 is 0 Å². The topological polar surface area (TPSA) is 13.0 Å². The van der Waals surface area contributed by atoms with Crippen LogP contribution in [-0.4, -0.2) is 15.4 Å². The first-order valence-electron chi connectivity index (χ1n) is 23.2. The molecule has 322 valence electrons. The Morgan fingerprint density at radius 2 is 0.459 bits per heavy atom. The van der Waals surface area contributed by atoms with E-state index in [2.05, 4.69) is 238 Å². The van der Waals surface area contributed by atoms with Gasteiger partial charge in [0, 0.05) is 0 Å². The molecular formula is C56H74GeN4. The fraction of sp³-hybridized carbons (Fsp3) is 0.429. The third-order valence-corrected chi connectivity index (χ3v) is 14.3. The molecule has 2 aliphatic rings. The third kappa shape index (κ3) is 9.22. The van der Waals surface area contributed by atoms with E-state index in [1.54, 1.807) is 0 Å². The molecule has 0 saturated carbocycles. The number of benzene rings is 4. The molecule has 2 heterocycles. The van der Waals surface area contributed by atoms with Crippen molar-refractivity contribution in [3.05, 3.63) is 164 Å². The van der Waals surface area contributed by atoms with Crippen molar-refractivity contribution in [1.82, 2.24) is 0 Å². The number of anilines is 4. The molecule has 0 aliphatic carbocycles. The molecule has 4 aromatic rings. The normalized spacial score (nSPS) is 14.5. The van der Waals surface area contributed by atoms with Gasteiger partial charge in [0.05, 0.1) is 0 Å². The Labute approximate surface area is 377 Å². The summed E-state index contributed by atoms with van der Waals surface area (Å²) in [6.07, 6.45) is 9.38. The Morgan fingerprint density at radius 1 is 0.295 bits per heavy atom. The van der Waals surface area contributed by atoms with Crippen LogP contribution in [0.2, 0.25) is 0 Å². The monoisotopic (exact) mass is 877 g/mol. The van der Waals surface area contributed by atoms with Crippen molar-refractivity contribution in [3.63, 3.8) is 0 Å². The number of hydrogen-bond acceptors (Lipinski definition) is 4. The second-order valence-corrected chi connectivity index (χ2v) is 21.5. The van der Waals surface area contributed by atoms with Gasteiger partial charge in [-0.15, -0.1) is 0 Å². The van der Waals surface area contributed by atoms with Gasteiger partial charge in [0.1, 0.15) is 0 Å². The van der Waals surface area contributed by atoms with Crippen LogP contribution in [0.15, 0.2) is 119 Å². The molecule has 2 radical (unpaired) electrons. The van der Waals surface area contributed by atoms with E-state index in [0.717, 1.165) is 0 Å². The average molecular weight is 876 g/mol. The van der Waals surface area contributed by atoms with Crippen LogP contribution >= 0.6 is 0 Å². The van der Waals surface area contributed by atoms with E-state index in [1.165, 1.54) is 78.9 Å². The summed E-state index contributed by atoms with van der Waals surface area (Å²) < 4.78 is 0. The van der Waals surface area contributed by atoms with Crippen molar-refractivity contribution in [2.24, 2.45) is 0 Å². The van der Waals surface area contributed by atoms with Crippen LogP contribution in [0.5, 0.6) is 0 Å². The quantitative estimate of drug-likeness (QED) is 0.117. The average Bonchev–Trinajstić information content (AvgIpc) is 3.83. The maximum absolute atomic E-state index is 2.61. The van der Waals surface area contributed by atoms with Crippen molar-refractivity contribution in [2.75, 3.05) is 19.6 Å². The van der Waals surface area contributed by atoms with Crippen LogP contribution < -0.4 is 19.6 Å². The van der Waals surface area contributed by atoms with Gasteiger partial charge in [-0.3, -0.25) is 0 Å². The maximum atomic E-state index is 2.61. The van der Waals surface area contributed by atoms with E-state index in [4.69, 9.17) is 0 Å². The molecule has 0 bridgehead atoms. The van der Waals surface area contributed by atoms with Crippen LogP contribution in [0.25, 0.3) is 0 Å². The molecule has 0 unspecified atom stereocenters. The van der Waals surface area contributed by atoms with Gasteiger partial charge >= 0.3 is 379 Å². The zero-order chi connectivity index (χ0) is 44.4. The molecule has 0 saturated heterocycles. The van der Waals surface area contributed by atoms with Crippen molar-refractivity contribution in [1.29, 1.82) is 0 Å². The zero-order valence-electron chi connectivity index (χ0n) is 40.3. The standard InChI is InChI=1S/C56H74GeN4/c1-35(2)43-21-17-22-44(36(3)4)53(43)58-29-30-59(54-45(37(5)6)23-18-24-46(54)38(7)8)51(58)33-57-34-52-60(55-47(39(9)10)25-19-26-48(55)40(11)12)31-32-61(52)56-49(41(13)14)27-20-28-50(56)42(15)16/h17-42H,1-16H3. The van der Waals surface area contributed by atoms with Crippen LogP contribution in [0.4, 0.5) is 22.7 Å². The molecule has 4 aromatic carbocycles. The Bertz CT molecular complexity index is 1880. The predicted molar refractivity (Wildman–Crippen MR) is 269 cm³/mol. The number of hydrogen-bond donors (Lipinski definition) is 0. The molecule has 4 nitrogen and oxygen atoms in total. The summed E-state index contributed by atoms with van der Waals surface area (Å²) >= 11 is -0.843. The second-order valence-electron chi connectivity index (χ2n) is 19.6. The predicted octanol–water partition coefficient (Wildman–Crippen LogP) is 16.3. The SMILES string of the molecule is CC(C)c1cccc(C(C)C)c1N1C=CN(c2c(C(C)C)cccc2C(C)C)C1=[CH][Ge][CH]=C1N(c2c(C(C)C)cccc2C(C)C)C=CN1c1c(C(C)C)cccc1C(C)C. The van der Waals surface area contributed by atoms with Gasteiger partial charge in [-0.05, 0) is 0 Å². The fourth-order valence-electron chi connectivity index (χ4n) is 9.19. The summed E-state index contributed by atoms with van der Waals surface area (Å²) in [7, 11) is 0. The molecular weight excluding hydrogens is 801 g/mol. The third-order valence-electron chi connectivity index (χ3n) is 12.5. The summed E-state index contributed by atoms with van der Waals surface area (Å²) in [5, 5.41) is 0. The minimum absolute atomic E-state index is 0.378. The van der Waals surface area contributed by atoms with Crippen LogP contribution in [-0.2, 0) is 0 Å². The van der Waals surface area contributed by atoms with Crippen molar-refractivity contribution in [2.45, 2.75) is 158 Å². The molecule has 0 atom stereocenters. The van der Waals surface area contributed by atoms with Gasteiger partial charge in [-0.2, -0.15) is 0 Å². The van der Waals surface area contributed by atoms with Gasteiger partial charge in [-0.25, -0.2) is 0 Å². The summed E-state index contributed by atoms with van der Waals surface area (Å²) in [6.45, 7) is 37.4. The molecule has 2 aliphatic heterocycles. The first-order chi connectivity index (χ1) is 29.0. The second kappa shape index (κ2) is 19.3. The van der Waals surface area contributed by atoms with Gasteiger partial charge in [0.2, 0.25) is 0 Å². The van der Waals surface area contributed by atoms with Crippen molar-refractivity contribution in [3.8, 4) is 0 Å².